The van der Waals surface area contributed by atoms with Crippen LogP contribution in [0.25, 0.3) is 0 Å². The van der Waals surface area contributed by atoms with E-state index in [0.717, 1.165) is 0 Å². The van der Waals surface area contributed by atoms with Gasteiger partial charge in [0.25, 0.3) is 0 Å². The summed E-state index contributed by atoms with van der Waals surface area (Å²) in [5, 5.41) is 16.7. The zero-order valence-corrected chi connectivity index (χ0v) is 6.15. The minimum atomic E-state index is -1.11. The quantitative estimate of drug-likeness (QED) is 0.477. The molecule has 0 aliphatic rings. The van der Waals surface area contributed by atoms with Crippen LogP contribution in [0, 0.1) is 5.92 Å². The molecule has 0 saturated heterocycles. The fraction of sp³-hybridized carbons (Fsp3) is 0.429. The van der Waals surface area contributed by atoms with Gasteiger partial charge in [-0.3, -0.25) is 9.59 Å². The van der Waals surface area contributed by atoms with Crippen molar-refractivity contribution in [1.82, 2.24) is 0 Å². The molecule has 0 radical (unpaired) electrons. The molecule has 1 unspecified atom stereocenters. The molecule has 2 N–H and O–H groups in total. The van der Waals surface area contributed by atoms with E-state index in [9.17, 15) is 9.59 Å². The van der Waals surface area contributed by atoms with E-state index in [1.807, 2.05) is 0 Å². The Balaban J connectivity index is 0. The van der Waals surface area contributed by atoms with Crippen LogP contribution in [0.2, 0.25) is 0 Å². The molecule has 0 aliphatic heterocycles. The number of aliphatic carboxylic acids is 2. The van der Waals surface area contributed by atoms with Gasteiger partial charge in [-0.05, 0) is 6.92 Å². The van der Waals surface area contributed by atoms with Crippen molar-refractivity contribution in [1.29, 1.82) is 0 Å². The fourth-order valence-electron chi connectivity index (χ4n) is 0.658. The SMILES string of the molecule is CC=CC(CC(=O)O)C(=O)O.[NaH]. The molecule has 0 rings (SSSR count). The summed E-state index contributed by atoms with van der Waals surface area (Å²) in [6, 6.07) is 0. The number of rotatable bonds is 4. The molecule has 0 fully saturated rings. The van der Waals surface area contributed by atoms with Gasteiger partial charge in [0.2, 0.25) is 0 Å². The Hall–Kier alpha value is -0.320. The summed E-state index contributed by atoms with van der Waals surface area (Å²) >= 11 is 0. The molecule has 0 amide bonds. The van der Waals surface area contributed by atoms with Crippen LogP contribution in [0.1, 0.15) is 13.3 Å². The average Bonchev–Trinajstić information content (AvgIpc) is 1.86. The number of carbonyl (C=O) groups is 2. The Bertz CT molecular complexity index is 188. The van der Waals surface area contributed by atoms with Crippen LogP contribution in [-0.2, 0) is 9.59 Å². The van der Waals surface area contributed by atoms with Crippen molar-refractivity contribution >= 4 is 41.5 Å². The molecule has 5 heteroatoms. The molecular formula is C7H11NaO4. The van der Waals surface area contributed by atoms with Crippen molar-refractivity contribution in [2.45, 2.75) is 13.3 Å². The van der Waals surface area contributed by atoms with Gasteiger partial charge in [0.15, 0.2) is 0 Å². The van der Waals surface area contributed by atoms with Crippen molar-refractivity contribution < 1.29 is 19.8 Å². The van der Waals surface area contributed by atoms with Crippen LogP contribution in [0.5, 0.6) is 0 Å². The fourth-order valence-corrected chi connectivity index (χ4v) is 0.658. The van der Waals surface area contributed by atoms with Crippen molar-refractivity contribution in [3.63, 3.8) is 0 Å². The van der Waals surface area contributed by atoms with Gasteiger partial charge >= 0.3 is 41.5 Å². The average molecular weight is 182 g/mol. The summed E-state index contributed by atoms with van der Waals surface area (Å²) in [4.78, 5) is 20.4. The van der Waals surface area contributed by atoms with Crippen molar-refractivity contribution in [3.8, 4) is 0 Å². The molecule has 0 heterocycles. The van der Waals surface area contributed by atoms with Crippen molar-refractivity contribution in [2.24, 2.45) is 5.92 Å². The summed E-state index contributed by atoms with van der Waals surface area (Å²) in [6.45, 7) is 1.65. The second-order valence-electron chi connectivity index (χ2n) is 2.07. The van der Waals surface area contributed by atoms with Crippen molar-refractivity contribution in [2.75, 3.05) is 0 Å². The van der Waals surface area contributed by atoms with E-state index in [1.165, 1.54) is 12.2 Å². The predicted molar refractivity (Wildman–Crippen MR) is 45.3 cm³/mol. The second-order valence-corrected chi connectivity index (χ2v) is 2.07. The monoisotopic (exact) mass is 182 g/mol. The molecule has 0 bridgehead atoms. The molecule has 0 aromatic rings. The van der Waals surface area contributed by atoms with E-state index in [0.29, 0.717) is 0 Å². The number of carboxylic acids is 2. The summed E-state index contributed by atoms with van der Waals surface area (Å²) in [6.07, 6.45) is 2.53. The first-order chi connectivity index (χ1) is 5.07. The molecule has 0 aliphatic carbocycles. The summed E-state index contributed by atoms with van der Waals surface area (Å²) < 4.78 is 0. The van der Waals surface area contributed by atoms with Gasteiger partial charge < -0.3 is 10.2 Å². The Morgan fingerprint density at radius 2 is 1.92 bits per heavy atom. The topological polar surface area (TPSA) is 74.6 Å². The van der Waals surface area contributed by atoms with E-state index >= 15 is 0 Å². The van der Waals surface area contributed by atoms with Gasteiger partial charge in [0.1, 0.15) is 0 Å². The Kier molecular flexibility index (Phi) is 8.69. The number of allylic oxidation sites excluding steroid dienone is 1. The maximum atomic E-state index is 10.3. The third-order valence-electron chi connectivity index (χ3n) is 1.14. The molecular weight excluding hydrogens is 171 g/mol. The van der Waals surface area contributed by atoms with Crippen LogP contribution in [0.15, 0.2) is 12.2 Å². The third-order valence-corrected chi connectivity index (χ3v) is 1.14. The van der Waals surface area contributed by atoms with E-state index in [-0.39, 0.29) is 36.0 Å². The standard InChI is InChI=1S/C7H10O4.Na.H/c1-2-3-5(7(10)11)4-6(8)9;;/h2-3,5H,4H2,1H3,(H,8,9)(H,10,11);;. The van der Waals surface area contributed by atoms with E-state index in [4.69, 9.17) is 10.2 Å². The molecule has 4 nitrogen and oxygen atoms in total. The molecule has 12 heavy (non-hydrogen) atoms. The second kappa shape index (κ2) is 7.34. The van der Waals surface area contributed by atoms with E-state index in [2.05, 4.69) is 0 Å². The first-order valence-corrected chi connectivity index (χ1v) is 3.15. The zero-order chi connectivity index (χ0) is 8.85. The molecule has 0 aromatic carbocycles. The zero-order valence-electron chi connectivity index (χ0n) is 6.15. The van der Waals surface area contributed by atoms with Crippen molar-refractivity contribution in [3.05, 3.63) is 12.2 Å². The molecule has 1 atom stereocenters. The summed E-state index contributed by atoms with van der Waals surface area (Å²) in [5.74, 6) is -3.11. The predicted octanol–water partition coefficient (Wildman–Crippen LogP) is 0.0895. The Morgan fingerprint density at radius 1 is 1.42 bits per heavy atom. The number of hydrogen-bond donors (Lipinski definition) is 2. The first kappa shape index (κ1) is 14.2. The van der Waals surface area contributed by atoms with Crippen LogP contribution in [-0.4, -0.2) is 51.7 Å². The van der Waals surface area contributed by atoms with Crippen LogP contribution >= 0.6 is 0 Å². The molecule has 64 valence electrons. The van der Waals surface area contributed by atoms with Gasteiger partial charge in [-0.2, -0.15) is 0 Å². The Labute approximate surface area is 92.6 Å². The molecule has 0 saturated carbocycles. The normalized spacial score (nSPS) is 12.1. The number of carboxylic acid groups (broad SMARTS) is 2. The molecule has 0 spiro atoms. The maximum absolute atomic E-state index is 10.3. The van der Waals surface area contributed by atoms with Gasteiger partial charge in [-0.15, -0.1) is 0 Å². The summed E-state index contributed by atoms with van der Waals surface area (Å²) in [5.41, 5.74) is 0. The van der Waals surface area contributed by atoms with E-state index < -0.39 is 17.9 Å². The Morgan fingerprint density at radius 3 is 2.17 bits per heavy atom. The van der Waals surface area contributed by atoms with Gasteiger partial charge in [0, 0.05) is 0 Å². The molecule has 0 aromatic heterocycles. The van der Waals surface area contributed by atoms with Crippen LogP contribution < -0.4 is 0 Å². The number of hydrogen-bond acceptors (Lipinski definition) is 2. The summed E-state index contributed by atoms with van der Waals surface area (Å²) in [7, 11) is 0. The van der Waals surface area contributed by atoms with E-state index in [1.54, 1.807) is 6.92 Å². The third kappa shape index (κ3) is 6.39. The van der Waals surface area contributed by atoms with Gasteiger partial charge in [0.05, 0.1) is 12.3 Å². The van der Waals surface area contributed by atoms with Gasteiger partial charge in [-0.25, -0.2) is 0 Å². The minimum absolute atomic E-state index is 0. The van der Waals surface area contributed by atoms with Crippen LogP contribution in [0.3, 0.4) is 0 Å². The van der Waals surface area contributed by atoms with Gasteiger partial charge in [-0.1, -0.05) is 12.2 Å². The first-order valence-electron chi connectivity index (χ1n) is 3.15. The van der Waals surface area contributed by atoms with Crippen LogP contribution in [0.4, 0.5) is 0 Å².